The molecule has 9 heteroatoms. The molecule has 1 atom stereocenters. The second kappa shape index (κ2) is 6.68. The first-order valence-electron chi connectivity index (χ1n) is 6.48. The second-order valence-corrected chi connectivity index (χ2v) is 5.47. The molecule has 114 valence electrons. The number of hydrogen-bond donors (Lipinski definition) is 1. The third-order valence-electron chi connectivity index (χ3n) is 2.94. The molecular formula is C11H17F3N4OS. The van der Waals surface area contributed by atoms with Crippen LogP contribution in [0.1, 0.15) is 18.4 Å². The minimum absolute atomic E-state index is 0.00988. The van der Waals surface area contributed by atoms with Crippen molar-refractivity contribution in [2.45, 2.75) is 25.6 Å². The summed E-state index contributed by atoms with van der Waals surface area (Å²) in [5.41, 5.74) is 0. The molecule has 1 saturated heterocycles. The van der Waals surface area contributed by atoms with Gasteiger partial charge in [0.05, 0.1) is 19.3 Å². The molecule has 5 nitrogen and oxygen atoms in total. The lowest BCUT2D eigenvalue weighted by molar-refractivity contribution is -0.138. The molecule has 1 N–H and O–H groups in total. The van der Waals surface area contributed by atoms with E-state index in [0.29, 0.717) is 42.8 Å². The highest BCUT2D eigenvalue weighted by Crippen LogP contribution is 2.35. The normalized spacial score (nSPS) is 20.4. The summed E-state index contributed by atoms with van der Waals surface area (Å²) in [5, 5.41) is 9.57. The summed E-state index contributed by atoms with van der Waals surface area (Å²) < 4.78 is 43.1. The van der Waals surface area contributed by atoms with Gasteiger partial charge < -0.3 is 15.0 Å². The number of halogens is 3. The van der Waals surface area contributed by atoms with Crippen LogP contribution in [0.3, 0.4) is 0 Å². The lowest BCUT2D eigenvalue weighted by Gasteiger charge is -2.35. The van der Waals surface area contributed by atoms with Crippen LogP contribution in [0.2, 0.25) is 0 Å². The number of anilines is 1. The fourth-order valence-electron chi connectivity index (χ4n) is 1.97. The van der Waals surface area contributed by atoms with Crippen molar-refractivity contribution in [3.8, 4) is 0 Å². The molecular weight excluding hydrogens is 293 g/mol. The largest absolute Gasteiger partial charge is 0.445 e. The van der Waals surface area contributed by atoms with E-state index >= 15 is 0 Å². The van der Waals surface area contributed by atoms with Crippen molar-refractivity contribution in [3.63, 3.8) is 0 Å². The van der Waals surface area contributed by atoms with Gasteiger partial charge in [-0.1, -0.05) is 18.3 Å². The zero-order valence-electron chi connectivity index (χ0n) is 11.1. The Labute approximate surface area is 119 Å². The van der Waals surface area contributed by atoms with E-state index in [9.17, 15) is 13.2 Å². The van der Waals surface area contributed by atoms with E-state index in [0.717, 1.165) is 13.0 Å². The van der Waals surface area contributed by atoms with E-state index < -0.39 is 11.2 Å². The van der Waals surface area contributed by atoms with Gasteiger partial charge in [0.15, 0.2) is 0 Å². The highest BCUT2D eigenvalue weighted by molar-refractivity contribution is 7.15. The molecule has 1 unspecified atom stereocenters. The number of ether oxygens (including phenoxy) is 1. The smallest absolute Gasteiger partial charge is 0.377 e. The maximum Gasteiger partial charge on any atom is 0.445 e. The molecule has 1 aromatic heterocycles. The monoisotopic (exact) mass is 310 g/mol. The average Bonchev–Trinajstić information content (AvgIpc) is 2.89. The first-order valence-corrected chi connectivity index (χ1v) is 7.29. The predicted molar refractivity (Wildman–Crippen MR) is 70.0 cm³/mol. The molecule has 0 aromatic carbocycles. The number of nitrogens with zero attached hydrogens (tertiary/aromatic N) is 3. The van der Waals surface area contributed by atoms with Gasteiger partial charge >= 0.3 is 6.18 Å². The number of morpholine rings is 1. The number of rotatable bonds is 5. The molecule has 2 heterocycles. The second-order valence-electron chi connectivity index (χ2n) is 4.51. The van der Waals surface area contributed by atoms with Crippen LogP contribution in [-0.2, 0) is 10.9 Å². The van der Waals surface area contributed by atoms with Crippen LogP contribution in [0, 0.1) is 0 Å². The highest BCUT2D eigenvalue weighted by Gasteiger charge is 2.37. The van der Waals surface area contributed by atoms with Crippen LogP contribution < -0.4 is 10.2 Å². The van der Waals surface area contributed by atoms with Crippen molar-refractivity contribution in [2.24, 2.45) is 0 Å². The van der Waals surface area contributed by atoms with Crippen LogP contribution in [0.5, 0.6) is 0 Å². The third-order valence-corrected chi connectivity index (χ3v) is 3.94. The molecule has 0 radical (unpaired) electrons. The summed E-state index contributed by atoms with van der Waals surface area (Å²) in [6, 6.07) is -0.00988. The molecule has 0 amide bonds. The predicted octanol–water partition coefficient (Wildman–Crippen LogP) is 1.76. The van der Waals surface area contributed by atoms with Crippen molar-refractivity contribution in [1.82, 2.24) is 15.5 Å². The van der Waals surface area contributed by atoms with Gasteiger partial charge in [-0.3, -0.25) is 0 Å². The highest BCUT2D eigenvalue weighted by atomic mass is 32.1. The zero-order valence-corrected chi connectivity index (χ0v) is 11.9. The van der Waals surface area contributed by atoms with Crippen LogP contribution in [-0.4, -0.2) is 49.1 Å². The Bertz CT molecular complexity index is 426. The Morgan fingerprint density at radius 2 is 2.25 bits per heavy atom. The number of hydrogen-bond acceptors (Lipinski definition) is 6. The van der Waals surface area contributed by atoms with Gasteiger partial charge in [-0.25, -0.2) is 0 Å². The minimum atomic E-state index is -4.43. The van der Waals surface area contributed by atoms with Gasteiger partial charge in [0.2, 0.25) is 10.1 Å². The van der Waals surface area contributed by atoms with Gasteiger partial charge in [-0.15, -0.1) is 10.2 Å². The number of aromatic nitrogens is 2. The topological polar surface area (TPSA) is 50.3 Å². The van der Waals surface area contributed by atoms with E-state index in [1.807, 2.05) is 4.90 Å². The fourth-order valence-corrected chi connectivity index (χ4v) is 2.78. The van der Waals surface area contributed by atoms with E-state index in [1.165, 1.54) is 0 Å². The molecule has 1 aliphatic rings. The number of nitrogens with one attached hydrogen (secondary N) is 1. The van der Waals surface area contributed by atoms with Crippen LogP contribution in [0.25, 0.3) is 0 Å². The average molecular weight is 310 g/mol. The van der Waals surface area contributed by atoms with Crippen LogP contribution in [0.15, 0.2) is 0 Å². The van der Waals surface area contributed by atoms with Crippen molar-refractivity contribution in [3.05, 3.63) is 5.01 Å². The van der Waals surface area contributed by atoms with Gasteiger partial charge in [-0.2, -0.15) is 13.2 Å². The first-order chi connectivity index (χ1) is 9.52. The molecule has 0 bridgehead atoms. The quantitative estimate of drug-likeness (QED) is 0.840. The Morgan fingerprint density at radius 1 is 1.45 bits per heavy atom. The Kier molecular flexibility index (Phi) is 5.17. The van der Waals surface area contributed by atoms with Crippen molar-refractivity contribution < 1.29 is 17.9 Å². The van der Waals surface area contributed by atoms with Crippen molar-refractivity contribution >= 4 is 16.5 Å². The van der Waals surface area contributed by atoms with E-state index in [1.54, 1.807) is 0 Å². The summed E-state index contributed by atoms with van der Waals surface area (Å²) in [4.78, 5) is 1.85. The number of alkyl halides is 3. The fraction of sp³-hybridized carbons (Fsp3) is 0.818. The molecule has 0 spiro atoms. The van der Waals surface area contributed by atoms with Gasteiger partial charge in [0.25, 0.3) is 0 Å². The maximum absolute atomic E-state index is 12.6. The van der Waals surface area contributed by atoms with Gasteiger partial charge in [-0.05, 0) is 13.0 Å². The van der Waals surface area contributed by atoms with E-state index in [2.05, 4.69) is 22.4 Å². The van der Waals surface area contributed by atoms with Crippen LogP contribution in [0.4, 0.5) is 18.3 Å². The van der Waals surface area contributed by atoms with Gasteiger partial charge in [0.1, 0.15) is 0 Å². The third kappa shape index (κ3) is 3.80. The molecule has 2 rings (SSSR count). The van der Waals surface area contributed by atoms with E-state index in [-0.39, 0.29) is 6.04 Å². The standard InChI is InChI=1S/C11H17F3N4OS/c1-2-3-15-6-8-7-19-5-4-18(8)10-17-16-9(20-10)11(12,13)14/h8,15H,2-7H2,1H3. The minimum Gasteiger partial charge on any atom is -0.377 e. The molecule has 0 aliphatic carbocycles. The summed E-state index contributed by atoms with van der Waals surface area (Å²) in [6.45, 7) is 5.10. The molecule has 1 aromatic rings. The lowest BCUT2D eigenvalue weighted by Crippen LogP contribution is -2.50. The summed E-state index contributed by atoms with van der Waals surface area (Å²) in [6.07, 6.45) is -3.43. The Hall–Kier alpha value is -0.930. The summed E-state index contributed by atoms with van der Waals surface area (Å²) in [5.74, 6) is 0. The zero-order chi connectivity index (χ0) is 14.6. The van der Waals surface area contributed by atoms with Gasteiger partial charge in [0, 0.05) is 13.1 Å². The SMILES string of the molecule is CCCNCC1COCCN1c1nnc(C(F)(F)F)s1. The Morgan fingerprint density at radius 3 is 2.90 bits per heavy atom. The van der Waals surface area contributed by atoms with Crippen LogP contribution >= 0.6 is 11.3 Å². The van der Waals surface area contributed by atoms with Crippen molar-refractivity contribution in [2.75, 3.05) is 37.7 Å². The molecule has 1 fully saturated rings. The Balaban J connectivity index is 2.05. The lowest BCUT2D eigenvalue weighted by atomic mass is 10.2. The first kappa shape index (κ1) is 15.5. The summed E-state index contributed by atoms with van der Waals surface area (Å²) >= 11 is 0.585. The molecule has 1 aliphatic heterocycles. The van der Waals surface area contributed by atoms with E-state index in [4.69, 9.17) is 4.74 Å². The van der Waals surface area contributed by atoms with Crippen molar-refractivity contribution in [1.29, 1.82) is 0 Å². The molecule has 0 saturated carbocycles. The molecule has 20 heavy (non-hydrogen) atoms. The summed E-state index contributed by atoms with van der Waals surface area (Å²) in [7, 11) is 0. The maximum atomic E-state index is 12.6.